The average molecular weight is 340 g/mol. The van der Waals surface area contributed by atoms with Gasteiger partial charge in [0.1, 0.15) is 5.82 Å². The number of nitrogens with zero attached hydrogens (tertiary/aromatic N) is 2. The molecule has 6 N–H and O–H groups in total. The van der Waals surface area contributed by atoms with Crippen LogP contribution in [-0.4, -0.2) is 21.9 Å². The van der Waals surface area contributed by atoms with E-state index < -0.39 is 11.4 Å². The van der Waals surface area contributed by atoms with E-state index in [0.29, 0.717) is 23.4 Å². The number of nitrogens with two attached hydrogens (primary N) is 2. The summed E-state index contributed by atoms with van der Waals surface area (Å²) in [5.41, 5.74) is 13.3. The Bertz CT molecular complexity index is 762. The summed E-state index contributed by atoms with van der Waals surface area (Å²) < 4.78 is 0. The van der Waals surface area contributed by atoms with E-state index in [9.17, 15) is 4.79 Å². The third-order valence-electron chi connectivity index (χ3n) is 4.39. The van der Waals surface area contributed by atoms with Crippen LogP contribution in [0.15, 0.2) is 30.5 Å². The molecule has 0 atom stereocenters. The molecule has 2 aromatic rings. The van der Waals surface area contributed by atoms with Gasteiger partial charge in [0.2, 0.25) is 5.95 Å². The fourth-order valence-electron chi connectivity index (χ4n) is 2.59. The van der Waals surface area contributed by atoms with E-state index in [-0.39, 0.29) is 0 Å². The summed E-state index contributed by atoms with van der Waals surface area (Å²) in [6.45, 7) is 3.92. The number of nitrogens with one attached hydrogen (secondary N) is 2. The van der Waals surface area contributed by atoms with Crippen LogP contribution in [0.1, 0.15) is 49.0 Å². The standard InChI is InChI=1S/C18H24N6O/c1-18(2,20)11-6-8-13(9-7-11)23-17-21-10-14(15(19)25)16(24-17)22-12-4-3-5-12/h6-10,12H,3-5,20H2,1-2H3,(H2,19,25)(H2,21,22,23,24). The van der Waals surface area contributed by atoms with Gasteiger partial charge in [-0.3, -0.25) is 4.79 Å². The van der Waals surface area contributed by atoms with E-state index >= 15 is 0 Å². The van der Waals surface area contributed by atoms with Crippen LogP contribution in [0.5, 0.6) is 0 Å². The molecule has 0 aliphatic heterocycles. The van der Waals surface area contributed by atoms with Gasteiger partial charge in [0.05, 0.1) is 5.56 Å². The molecule has 7 nitrogen and oxygen atoms in total. The molecule has 0 radical (unpaired) electrons. The number of hydrogen-bond acceptors (Lipinski definition) is 6. The number of carbonyl (C=O) groups is 1. The van der Waals surface area contributed by atoms with Crippen LogP contribution in [0.25, 0.3) is 0 Å². The maximum Gasteiger partial charge on any atom is 0.254 e. The van der Waals surface area contributed by atoms with Crippen molar-refractivity contribution >= 4 is 23.4 Å². The van der Waals surface area contributed by atoms with Gasteiger partial charge in [0.15, 0.2) is 0 Å². The number of benzene rings is 1. The lowest BCUT2D eigenvalue weighted by Gasteiger charge is -2.27. The Kier molecular flexibility index (Phi) is 4.59. The van der Waals surface area contributed by atoms with Gasteiger partial charge in [0, 0.05) is 23.5 Å². The van der Waals surface area contributed by atoms with Crippen LogP contribution in [0.3, 0.4) is 0 Å². The van der Waals surface area contributed by atoms with Gasteiger partial charge in [-0.25, -0.2) is 4.98 Å². The van der Waals surface area contributed by atoms with Crippen molar-refractivity contribution in [2.45, 2.75) is 44.7 Å². The van der Waals surface area contributed by atoms with Gasteiger partial charge in [-0.05, 0) is 50.8 Å². The smallest absolute Gasteiger partial charge is 0.254 e. The average Bonchev–Trinajstić information content (AvgIpc) is 2.50. The van der Waals surface area contributed by atoms with Crippen LogP contribution in [0, 0.1) is 0 Å². The van der Waals surface area contributed by atoms with Crippen molar-refractivity contribution in [1.82, 2.24) is 9.97 Å². The fraction of sp³-hybridized carbons (Fsp3) is 0.389. The number of carbonyl (C=O) groups excluding carboxylic acids is 1. The van der Waals surface area contributed by atoms with Crippen molar-refractivity contribution in [2.24, 2.45) is 11.5 Å². The number of primary amides is 1. The molecule has 3 rings (SSSR count). The highest BCUT2D eigenvalue weighted by atomic mass is 16.1. The highest BCUT2D eigenvalue weighted by Gasteiger charge is 2.21. The predicted molar refractivity (Wildman–Crippen MR) is 98.7 cm³/mol. The highest BCUT2D eigenvalue weighted by Crippen LogP contribution is 2.25. The Morgan fingerprint density at radius 1 is 1.24 bits per heavy atom. The zero-order valence-electron chi connectivity index (χ0n) is 14.5. The van der Waals surface area contributed by atoms with Crippen molar-refractivity contribution in [1.29, 1.82) is 0 Å². The minimum absolute atomic E-state index is 0.303. The molecular weight excluding hydrogens is 316 g/mol. The molecule has 1 aromatic heterocycles. The summed E-state index contributed by atoms with van der Waals surface area (Å²) >= 11 is 0. The normalized spacial score (nSPS) is 14.7. The molecule has 0 spiro atoms. The molecule has 0 unspecified atom stereocenters. The first-order valence-corrected chi connectivity index (χ1v) is 8.43. The van der Waals surface area contributed by atoms with Gasteiger partial charge in [0.25, 0.3) is 5.91 Å². The van der Waals surface area contributed by atoms with Crippen LogP contribution in [0.4, 0.5) is 17.5 Å². The molecule has 0 bridgehead atoms. The maximum absolute atomic E-state index is 11.6. The van der Waals surface area contributed by atoms with E-state index in [1.165, 1.54) is 12.6 Å². The second kappa shape index (κ2) is 6.68. The van der Waals surface area contributed by atoms with Crippen molar-refractivity contribution in [2.75, 3.05) is 10.6 Å². The summed E-state index contributed by atoms with van der Waals surface area (Å²) in [7, 11) is 0. The quantitative estimate of drug-likeness (QED) is 0.641. The molecule has 1 heterocycles. The minimum atomic E-state index is -0.539. The van der Waals surface area contributed by atoms with Crippen LogP contribution in [-0.2, 0) is 5.54 Å². The second-order valence-electron chi connectivity index (χ2n) is 7.02. The Labute approximate surface area is 147 Å². The summed E-state index contributed by atoms with van der Waals surface area (Å²) in [6.07, 6.45) is 4.78. The van der Waals surface area contributed by atoms with Gasteiger partial charge >= 0.3 is 0 Å². The number of anilines is 3. The molecule has 25 heavy (non-hydrogen) atoms. The molecule has 1 saturated carbocycles. The van der Waals surface area contributed by atoms with E-state index in [1.54, 1.807) is 0 Å². The first-order valence-electron chi connectivity index (χ1n) is 8.43. The van der Waals surface area contributed by atoms with Gasteiger partial charge in [-0.2, -0.15) is 4.98 Å². The van der Waals surface area contributed by atoms with E-state index in [1.807, 2.05) is 38.1 Å². The highest BCUT2D eigenvalue weighted by molar-refractivity contribution is 5.97. The predicted octanol–water partition coefficient (Wildman–Crippen LogP) is 2.48. The largest absolute Gasteiger partial charge is 0.367 e. The Morgan fingerprint density at radius 2 is 1.92 bits per heavy atom. The number of amides is 1. The van der Waals surface area contributed by atoms with Crippen molar-refractivity contribution in [3.8, 4) is 0 Å². The second-order valence-corrected chi connectivity index (χ2v) is 7.02. The van der Waals surface area contributed by atoms with Crippen molar-refractivity contribution in [3.05, 3.63) is 41.6 Å². The summed E-state index contributed by atoms with van der Waals surface area (Å²) in [5.74, 6) is 0.351. The van der Waals surface area contributed by atoms with Crippen LogP contribution < -0.4 is 22.1 Å². The summed E-state index contributed by atoms with van der Waals surface area (Å²) in [6, 6.07) is 8.12. The molecule has 0 saturated heterocycles. The molecule has 1 fully saturated rings. The monoisotopic (exact) mass is 340 g/mol. The summed E-state index contributed by atoms with van der Waals surface area (Å²) in [4.78, 5) is 20.2. The molecule has 1 aliphatic carbocycles. The first kappa shape index (κ1) is 17.2. The SMILES string of the molecule is CC(C)(N)c1ccc(Nc2ncc(C(N)=O)c(NC3CCC3)n2)cc1. The lowest BCUT2D eigenvalue weighted by atomic mass is 9.93. The minimum Gasteiger partial charge on any atom is -0.367 e. The third kappa shape index (κ3) is 4.06. The molecule has 132 valence electrons. The van der Waals surface area contributed by atoms with Crippen molar-refractivity contribution in [3.63, 3.8) is 0 Å². The maximum atomic E-state index is 11.6. The van der Waals surface area contributed by atoms with E-state index in [2.05, 4.69) is 20.6 Å². The Balaban J connectivity index is 1.79. The van der Waals surface area contributed by atoms with Crippen LogP contribution >= 0.6 is 0 Å². The van der Waals surface area contributed by atoms with Gasteiger partial charge < -0.3 is 22.1 Å². The number of aromatic nitrogens is 2. The molecule has 1 aromatic carbocycles. The van der Waals surface area contributed by atoms with Crippen molar-refractivity contribution < 1.29 is 4.79 Å². The molecule has 1 aliphatic rings. The number of rotatable bonds is 6. The van der Waals surface area contributed by atoms with E-state index in [4.69, 9.17) is 11.5 Å². The number of hydrogen-bond donors (Lipinski definition) is 4. The topological polar surface area (TPSA) is 119 Å². The summed E-state index contributed by atoms with van der Waals surface area (Å²) in [5, 5.41) is 6.42. The molecule has 7 heteroatoms. The first-order chi connectivity index (χ1) is 11.8. The van der Waals surface area contributed by atoms with Gasteiger partial charge in [-0.1, -0.05) is 12.1 Å². The van der Waals surface area contributed by atoms with Gasteiger partial charge in [-0.15, -0.1) is 0 Å². The zero-order chi connectivity index (χ0) is 18.0. The lowest BCUT2D eigenvalue weighted by Crippen LogP contribution is -2.29. The van der Waals surface area contributed by atoms with E-state index in [0.717, 1.165) is 24.1 Å². The fourth-order valence-corrected chi connectivity index (χ4v) is 2.59. The third-order valence-corrected chi connectivity index (χ3v) is 4.39. The zero-order valence-corrected chi connectivity index (χ0v) is 14.5. The molecule has 1 amide bonds. The van der Waals surface area contributed by atoms with Crippen LogP contribution in [0.2, 0.25) is 0 Å². The molecular formula is C18H24N6O. The Hall–Kier alpha value is -2.67. The lowest BCUT2D eigenvalue weighted by molar-refractivity contribution is 0.100. The Morgan fingerprint density at radius 3 is 2.44 bits per heavy atom.